The number of hydrogen-bond donors (Lipinski definition) is 1. The van der Waals surface area contributed by atoms with E-state index in [9.17, 15) is 9.59 Å². The summed E-state index contributed by atoms with van der Waals surface area (Å²) in [6.45, 7) is 1.66. The molecule has 0 atom stereocenters. The van der Waals surface area contributed by atoms with Crippen molar-refractivity contribution in [3.63, 3.8) is 0 Å². The minimum atomic E-state index is -1.09. The Morgan fingerprint density at radius 3 is 2.69 bits per heavy atom. The largest absolute Gasteiger partial charge is 0.497 e. The lowest BCUT2D eigenvalue weighted by molar-refractivity contribution is 0.0701. The first-order valence-electron chi connectivity index (χ1n) is 7.60. The van der Waals surface area contributed by atoms with Gasteiger partial charge in [-0.1, -0.05) is 11.3 Å². The molecule has 3 aromatic rings. The molecule has 7 nitrogen and oxygen atoms in total. The predicted molar refractivity (Wildman–Crippen MR) is 99.5 cm³/mol. The van der Waals surface area contributed by atoms with Crippen molar-refractivity contribution in [3.05, 3.63) is 56.4 Å². The van der Waals surface area contributed by atoms with Crippen molar-refractivity contribution in [3.8, 4) is 11.5 Å². The van der Waals surface area contributed by atoms with Crippen LogP contribution in [0.3, 0.4) is 0 Å². The summed E-state index contributed by atoms with van der Waals surface area (Å²) in [6, 6.07) is 5.39. The molecule has 3 rings (SSSR count). The minimum Gasteiger partial charge on any atom is -0.497 e. The van der Waals surface area contributed by atoms with Gasteiger partial charge in [0.2, 0.25) is 0 Å². The molecule has 2 heterocycles. The monoisotopic (exact) mass is 372 g/mol. The van der Waals surface area contributed by atoms with Gasteiger partial charge in [-0.25, -0.2) is 9.78 Å². The van der Waals surface area contributed by atoms with E-state index < -0.39 is 5.97 Å². The Bertz CT molecular complexity index is 1080. The van der Waals surface area contributed by atoms with E-state index in [1.54, 1.807) is 45.4 Å². The first-order valence-corrected chi connectivity index (χ1v) is 8.42. The summed E-state index contributed by atoms with van der Waals surface area (Å²) in [5.41, 5.74) is 1.37. The highest BCUT2D eigenvalue weighted by molar-refractivity contribution is 7.18. The average molecular weight is 372 g/mol. The van der Waals surface area contributed by atoms with Gasteiger partial charge in [-0.15, -0.1) is 0 Å². The molecule has 1 aromatic carbocycles. The van der Waals surface area contributed by atoms with Crippen molar-refractivity contribution < 1.29 is 19.4 Å². The van der Waals surface area contributed by atoms with Crippen molar-refractivity contribution >= 4 is 34.4 Å². The van der Waals surface area contributed by atoms with Gasteiger partial charge < -0.3 is 14.6 Å². The predicted octanol–water partition coefficient (Wildman–Crippen LogP) is 2.95. The van der Waals surface area contributed by atoms with Crippen LogP contribution in [-0.4, -0.2) is 34.7 Å². The van der Waals surface area contributed by atoms with E-state index in [2.05, 4.69) is 4.98 Å². The van der Waals surface area contributed by atoms with Gasteiger partial charge in [0.25, 0.3) is 5.56 Å². The van der Waals surface area contributed by atoms with Gasteiger partial charge in [0, 0.05) is 17.3 Å². The van der Waals surface area contributed by atoms with E-state index in [1.165, 1.54) is 10.6 Å². The van der Waals surface area contributed by atoms with Gasteiger partial charge in [-0.3, -0.25) is 9.20 Å². The quantitative estimate of drug-likeness (QED) is 0.741. The number of methoxy groups -OCH3 is 2. The molecule has 0 unspecified atom stereocenters. The van der Waals surface area contributed by atoms with Gasteiger partial charge in [-0.2, -0.15) is 0 Å². The summed E-state index contributed by atoms with van der Waals surface area (Å²) < 4.78 is 11.8. The van der Waals surface area contributed by atoms with Crippen LogP contribution in [-0.2, 0) is 0 Å². The van der Waals surface area contributed by atoms with E-state index >= 15 is 0 Å². The maximum atomic E-state index is 12.5. The third-order valence-corrected chi connectivity index (χ3v) is 4.83. The second-order valence-electron chi connectivity index (χ2n) is 5.42. The molecule has 1 N–H and O–H groups in total. The highest BCUT2D eigenvalue weighted by Crippen LogP contribution is 2.26. The fourth-order valence-corrected chi connectivity index (χ4v) is 3.27. The molecule has 8 heteroatoms. The molecule has 0 aliphatic heterocycles. The molecular formula is C18H16N2O5S. The van der Waals surface area contributed by atoms with Crippen molar-refractivity contribution in [1.82, 2.24) is 9.38 Å². The van der Waals surface area contributed by atoms with Crippen LogP contribution in [0.25, 0.3) is 17.1 Å². The molecule has 0 aliphatic carbocycles. The third kappa shape index (κ3) is 3.18. The van der Waals surface area contributed by atoms with Gasteiger partial charge >= 0.3 is 5.97 Å². The molecule has 0 fully saturated rings. The summed E-state index contributed by atoms with van der Waals surface area (Å²) >= 11 is 0.952. The van der Waals surface area contributed by atoms with Crippen LogP contribution >= 0.6 is 11.3 Å². The zero-order chi connectivity index (χ0) is 18.8. The number of aromatic carboxylic acids is 1. The number of thiazole rings is 1. The van der Waals surface area contributed by atoms with Crippen molar-refractivity contribution in [2.24, 2.45) is 0 Å². The normalized spacial score (nSPS) is 11.2. The molecule has 0 spiro atoms. The topological polar surface area (TPSA) is 90.1 Å². The molecule has 0 amide bonds. The van der Waals surface area contributed by atoms with Crippen LogP contribution in [0.15, 0.2) is 29.2 Å². The number of carboxylic acid groups (broad SMARTS) is 1. The highest BCUT2D eigenvalue weighted by Gasteiger charge is 2.14. The average Bonchev–Trinajstić information content (AvgIpc) is 3.07. The summed E-state index contributed by atoms with van der Waals surface area (Å²) in [5.74, 6) is 0.243. The maximum absolute atomic E-state index is 12.5. The minimum absolute atomic E-state index is 0.0598. The molecule has 0 bridgehead atoms. The van der Waals surface area contributed by atoms with Gasteiger partial charge in [0.15, 0.2) is 4.96 Å². The number of carboxylic acids is 1. The van der Waals surface area contributed by atoms with Crippen LogP contribution in [0, 0.1) is 6.92 Å². The van der Waals surface area contributed by atoms with Crippen LogP contribution in [0.1, 0.15) is 26.5 Å². The molecule has 0 aliphatic rings. The summed E-state index contributed by atoms with van der Waals surface area (Å²) in [6.07, 6.45) is 4.77. The van der Waals surface area contributed by atoms with Crippen LogP contribution in [0.4, 0.5) is 0 Å². The van der Waals surface area contributed by atoms with Gasteiger partial charge in [0.1, 0.15) is 16.4 Å². The van der Waals surface area contributed by atoms with Gasteiger partial charge in [-0.05, 0) is 37.3 Å². The maximum Gasteiger partial charge on any atom is 0.347 e. The zero-order valence-electron chi connectivity index (χ0n) is 14.3. The molecule has 134 valence electrons. The fourth-order valence-electron chi connectivity index (χ4n) is 2.45. The number of benzene rings is 1. The number of fused-ring (bicyclic) bond motifs is 1. The number of ether oxygens (including phenoxy) is 2. The van der Waals surface area contributed by atoms with Crippen LogP contribution in [0.5, 0.6) is 11.5 Å². The highest BCUT2D eigenvalue weighted by atomic mass is 32.1. The fraction of sp³-hybridized carbons (Fsp3) is 0.167. The molecule has 2 aromatic heterocycles. The second kappa shape index (κ2) is 7.01. The lowest BCUT2D eigenvalue weighted by atomic mass is 10.1. The SMILES string of the molecule is COc1ccc(OC)c(/C=C/c2nc3sc(C(=O)O)cn3c(=O)c2C)c1. The second-order valence-corrected chi connectivity index (χ2v) is 6.43. The Hall–Kier alpha value is -3.13. The summed E-state index contributed by atoms with van der Waals surface area (Å²) in [7, 11) is 3.15. The molecular weight excluding hydrogens is 356 g/mol. The summed E-state index contributed by atoms with van der Waals surface area (Å²) in [4.78, 5) is 28.4. The Balaban J connectivity index is 2.09. The van der Waals surface area contributed by atoms with E-state index in [4.69, 9.17) is 14.6 Å². The Morgan fingerprint density at radius 1 is 1.27 bits per heavy atom. The van der Waals surface area contributed by atoms with Crippen molar-refractivity contribution in [2.75, 3.05) is 14.2 Å². The van der Waals surface area contributed by atoms with E-state index in [1.807, 2.05) is 6.07 Å². The van der Waals surface area contributed by atoms with Gasteiger partial charge in [0.05, 0.1) is 19.9 Å². The van der Waals surface area contributed by atoms with Crippen molar-refractivity contribution in [2.45, 2.75) is 6.92 Å². The Morgan fingerprint density at radius 2 is 2.04 bits per heavy atom. The zero-order valence-corrected chi connectivity index (χ0v) is 15.2. The van der Waals surface area contributed by atoms with Crippen LogP contribution < -0.4 is 15.0 Å². The lowest BCUT2D eigenvalue weighted by Gasteiger charge is -2.07. The summed E-state index contributed by atoms with van der Waals surface area (Å²) in [5, 5.41) is 9.10. The number of hydrogen-bond acceptors (Lipinski definition) is 6. The Labute approximate surface area is 152 Å². The van der Waals surface area contributed by atoms with E-state index in [0.717, 1.165) is 16.9 Å². The van der Waals surface area contributed by atoms with Crippen LogP contribution in [0.2, 0.25) is 0 Å². The third-order valence-electron chi connectivity index (χ3n) is 3.86. The number of carbonyl (C=O) groups is 1. The molecule has 0 saturated carbocycles. The first kappa shape index (κ1) is 17.7. The standard InChI is InChI=1S/C18H16N2O5S/c1-10-13(6-4-11-8-12(24-2)5-7-14(11)25-3)19-18-20(16(10)21)9-15(26-18)17(22)23/h4-9H,1-3H3,(H,22,23)/b6-4+. The number of nitrogens with zero attached hydrogens (tertiary/aromatic N) is 2. The number of rotatable bonds is 5. The smallest absolute Gasteiger partial charge is 0.347 e. The molecule has 0 saturated heterocycles. The first-order chi connectivity index (χ1) is 12.4. The van der Waals surface area contributed by atoms with E-state index in [-0.39, 0.29) is 10.4 Å². The van der Waals surface area contributed by atoms with Crippen molar-refractivity contribution in [1.29, 1.82) is 0 Å². The number of aromatic nitrogens is 2. The molecule has 0 radical (unpaired) electrons. The molecule has 26 heavy (non-hydrogen) atoms. The Kier molecular flexibility index (Phi) is 4.77. The van der Waals surface area contributed by atoms with E-state index in [0.29, 0.717) is 27.7 Å². The lowest BCUT2D eigenvalue weighted by Crippen LogP contribution is -2.17.